The van der Waals surface area contributed by atoms with Crippen molar-refractivity contribution < 1.29 is 19.4 Å². The van der Waals surface area contributed by atoms with Crippen LogP contribution in [0.3, 0.4) is 0 Å². The lowest BCUT2D eigenvalue weighted by Gasteiger charge is -2.10. The van der Waals surface area contributed by atoms with Gasteiger partial charge in [0, 0.05) is 0 Å². The van der Waals surface area contributed by atoms with Crippen LogP contribution in [-0.4, -0.2) is 36.6 Å². The van der Waals surface area contributed by atoms with E-state index in [1.54, 1.807) is 0 Å². The van der Waals surface area contributed by atoms with Crippen molar-refractivity contribution in [2.24, 2.45) is 5.73 Å². The second-order valence-electron chi connectivity index (χ2n) is 2.08. The van der Waals surface area contributed by atoms with Gasteiger partial charge in [-0.25, -0.2) is 4.79 Å². The van der Waals surface area contributed by atoms with Crippen molar-refractivity contribution in [3.05, 3.63) is 0 Å². The number of ether oxygens (including phenoxy) is 2. The zero-order chi connectivity index (χ0) is 7.56. The number of primary amides is 1. The second-order valence-corrected chi connectivity index (χ2v) is 2.08. The van der Waals surface area contributed by atoms with E-state index >= 15 is 0 Å². The van der Waals surface area contributed by atoms with Crippen molar-refractivity contribution in [3.8, 4) is 0 Å². The molecule has 0 saturated carbocycles. The Morgan fingerprint density at radius 2 is 2.40 bits per heavy atom. The molecule has 0 bridgehead atoms. The quantitative estimate of drug-likeness (QED) is 0.490. The third-order valence-corrected chi connectivity index (χ3v) is 1.27. The Kier molecular flexibility index (Phi) is 2.08. The Balaban J connectivity index is 2.33. The van der Waals surface area contributed by atoms with Crippen LogP contribution in [-0.2, 0) is 9.47 Å². The van der Waals surface area contributed by atoms with Gasteiger partial charge in [0.1, 0.15) is 6.10 Å². The highest BCUT2D eigenvalue weighted by Crippen LogP contribution is 2.08. The molecule has 1 amide bonds. The van der Waals surface area contributed by atoms with Gasteiger partial charge >= 0.3 is 6.09 Å². The number of carbonyl (C=O) groups excluding carboxylic acids is 1. The van der Waals surface area contributed by atoms with Gasteiger partial charge in [-0.05, 0) is 0 Å². The van der Waals surface area contributed by atoms with Crippen molar-refractivity contribution in [2.75, 3.05) is 13.2 Å². The lowest BCUT2D eigenvalue weighted by Crippen LogP contribution is -2.31. The monoisotopic (exact) mass is 147 g/mol. The van der Waals surface area contributed by atoms with Crippen LogP contribution in [0.25, 0.3) is 0 Å². The average Bonchev–Trinajstić information content (AvgIpc) is 2.15. The molecule has 0 aromatic rings. The summed E-state index contributed by atoms with van der Waals surface area (Å²) in [6.07, 6.45) is -2.19. The van der Waals surface area contributed by atoms with Gasteiger partial charge in [-0.1, -0.05) is 0 Å². The molecular weight excluding hydrogens is 138 g/mol. The maximum absolute atomic E-state index is 10.1. The first kappa shape index (κ1) is 7.30. The number of rotatable bonds is 1. The third kappa shape index (κ3) is 1.58. The molecule has 1 heterocycles. The van der Waals surface area contributed by atoms with Gasteiger partial charge in [-0.2, -0.15) is 0 Å². The molecule has 3 N–H and O–H groups in total. The van der Waals surface area contributed by atoms with Gasteiger partial charge in [-0.3, -0.25) is 0 Å². The fourth-order valence-electron chi connectivity index (χ4n) is 0.785. The van der Waals surface area contributed by atoms with Gasteiger partial charge in [0.05, 0.1) is 13.2 Å². The highest BCUT2D eigenvalue weighted by molar-refractivity contribution is 5.64. The van der Waals surface area contributed by atoms with Crippen molar-refractivity contribution >= 4 is 6.09 Å². The molecule has 0 aromatic carbocycles. The summed E-state index contributed by atoms with van der Waals surface area (Å²) in [4.78, 5) is 10.1. The highest BCUT2D eigenvalue weighted by Gasteiger charge is 2.28. The van der Waals surface area contributed by atoms with E-state index in [-0.39, 0.29) is 13.2 Å². The fourth-order valence-corrected chi connectivity index (χ4v) is 0.785. The first-order valence-electron chi connectivity index (χ1n) is 2.92. The van der Waals surface area contributed by atoms with Crippen LogP contribution in [0.5, 0.6) is 0 Å². The molecule has 1 rings (SSSR count). The zero-order valence-electron chi connectivity index (χ0n) is 5.32. The Morgan fingerprint density at radius 1 is 1.70 bits per heavy atom. The van der Waals surface area contributed by atoms with Crippen molar-refractivity contribution in [1.82, 2.24) is 0 Å². The molecule has 1 saturated heterocycles. The van der Waals surface area contributed by atoms with E-state index < -0.39 is 18.3 Å². The predicted octanol–water partition coefficient (Wildman–Crippen LogP) is -1.16. The van der Waals surface area contributed by atoms with Gasteiger partial charge in [-0.15, -0.1) is 0 Å². The summed E-state index contributed by atoms with van der Waals surface area (Å²) in [7, 11) is 0. The largest absolute Gasteiger partial charge is 0.441 e. The minimum atomic E-state index is -0.880. The van der Waals surface area contributed by atoms with Gasteiger partial charge in [0.25, 0.3) is 0 Å². The Morgan fingerprint density at radius 3 is 2.80 bits per heavy atom. The molecule has 2 atom stereocenters. The fraction of sp³-hybridized carbons (Fsp3) is 0.800. The zero-order valence-corrected chi connectivity index (χ0v) is 5.32. The Labute approximate surface area is 57.7 Å². The summed E-state index contributed by atoms with van der Waals surface area (Å²) in [5.41, 5.74) is 4.71. The van der Waals surface area contributed by atoms with Gasteiger partial charge in [0.2, 0.25) is 0 Å². The van der Waals surface area contributed by atoms with Crippen LogP contribution >= 0.6 is 0 Å². The maximum Gasteiger partial charge on any atom is 0.404 e. The molecule has 58 valence electrons. The highest BCUT2D eigenvalue weighted by atomic mass is 16.6. The summed E-state index contributed by atoms with van der Waals surface area (Å²) in [5, 5.41) is 8.98. The molecule has 0 radical (unpaired) electrons. The van der Waals surface area contributed by atoms with Crippen LogP contribution in [0.2, 0.25) is 0 Å². The number of hydrogen-bond acceptors (Lipinski definition) is 4. The van der Waals surface area contributed by atoms with E-state index in [1.807, 2.05) is 0 Å². The van der Waals surface area contributed by atoms with Crippen molar-refractivity contribution in [1.29, 1.82) is 0 Å². The molecule has 1 aliphatic heterocycles. The topological polar surface area (TPSA) is 81.8 Å². The normalized spacial score (nSPS) is 32.1. The van der Waals surface area contributed by atoms with Gasteiger partial charge < -0.3 is 20.3 Å². The summed E-state index contributed by atoms with van der Waals surface area (Å²) in [6, 6.07) is 0. The van der Waals surface area contributed by atoms with Crippen LogP contribution in [0.4, 0.5) is 4.79 Å². The van der Waals surface area contributed by atoms with Crippen LogP contribution < -0.4 is 5.73 Å². The van der Waals surface area contributed by atoms with E-state index in [2.05, 4.69) is 4.74 Å². The second kappa shape index (κ2) is 2.85. The standard InChI is InChI=1S/C5H9NO4/c6-5(8)10-4-2-9-1-3(4)7/h3-4,7H,1-2H2,(H2,6,8)/t3-,4-/m1/s1. The maximum atomic E-state index is 10.1. The predicted molar refractivity (Wildman–Crippen MR) is 31.3 cm³/mol. The number of nitrogens with two attached hydrogens (primary N) is 1. The third-order valence-electron chi connectivity index (χ3n) is 1.27. The number of amides is 1. The first-order chi connectivity index (χ1) is 4.70. The molecule has 1 aliphatic rings. The van der Waals surface area contributed by atoms with Crippen LogP contribution in [0.1, 0.15) is 0 Å². The summed E-state index contributed by atoms with van der Waals surface area (Å²) >= 11 is 0. The minimum Gasteiger partial charge on any atom is -0.441 e. The Hall–Kier alpha value is -0.810. The molecule has 0 spiro atoms. The molecule has 0 aliphatic carbocycles. The van der Waals surface area contributed by atoms with Crippen molar-refractivity contribution in [2.45, 2.75) is 12.2 Å². The van der Waals surface area contributed by atoms with E-state index in [1.165, 1.54) is 0 Å². The minimum absolute atomic E-state index is 0.206. The molecule has 0 aromatic heterocycles. The number of hydrogen-bond donors (Lipinski definition) is 2. The first-order valence-corrected chi connectivity index (χ1v) is 2.92. The molecule has 5 heteroatoms. The SMILES string of the molecule is NC(=O)O[C@@H]1COC[C@H]1O. The van der Waals surface area contributed by atoms with E-state index in [0.29, 0.717) is 0 Å². The van der Waals surface area contributed by atoms with E-state index in [4.69, 9.17) is 15.6 Å². The smallest absolute Gasteiger partial charge is 0.404 e. The summed E-state index contributed by atoms with van der Waals surface area (Å²) in [6.45, 7) is 0.433. The Bertz CT molecular complexity index is 138. The molecule has 0 unspecified atom stereocenters. The average molecular weight is 147 g/mol. The van der Waals surface area contributed by atoms with Gasteiger partial charge in [0.15, 0.2) is 6.10 Å². The molecule has 10 heavy (non-hydrogen) atoms. The number of aliphatic hydroxyl groups is 1. The van der Waals surface area contributed by atoms with E-state index in [9.17, 15) is 4.79 Å². The summed E-state index contributed by atoms with van der Waals surface area (Å²) in [5.74, 6) is 0. The molecular formula is C5H9NO4. The van der Waals surface area contributed by atoms with E-state index in [0.717, 1.165) is 0 Å². The van der Waals surface area contributed by atoms with Crippen LogP contribution in [0, 0.1) is 0 Å². The lowest BCUT2D eigenvalue weighted by molar-refractivity contribution is 0.0373. The molecule has 1 fully saturated rings. The lowest BCUT2D eigenvalue weighted by atomic mass is 10.3. The van der Waals surface area contributed by atoms with Crippen LogP contribution in [0.15, 0.2) is 0 Å². The number of aliphatic hydroxyl groups excluding tert-OH is 1. The van der Waals surface area contributed by atoms with Crippen molar-refractivity contribution in [3.63, 3.8) is 0 Å². The summed E-state index contributed by atoms with van der Waals surface area (Å²) < 4.78 is 9.27. The number of carbonyl (C=O) groups is 1. The molecule has 5 nitrogen and oxygen atoms in total.